The number of nitrogens with one attached hydrogen (secondary N) is 1. The number of benzene rings is 1. The first-order valence-electron chi connectivity index (χ1n) is 8.06. The molecule has 0 unspecified atom stereocenters. The van der Waals surface area contributed by atoms with E-state index >= 15 is 0 Å². The Morgan fingerprint density at radius 1 is 1.30 bits per heavy atom. The van der Waals surface area contributed by atoms with E-state index in [-0.39, 0.29) is 29.5 Å². The number of carbonyl (C=O) groups is 2. The van der Waals surface area contributed by atoms with Crippen LogP contribution in [0, 0.1) is 5.82 Å². The number of hydrogen-bond acceptors (Lipinski definition) is 3. The highest BCUT2D eigenvalue weighted by Gasteiger charge is 2.37. The zero-order valence-corrected chi connectivity index (χ0v) is 13.2. The summed E-state index contributed by atoms with van der Waals surface area (Å²) in [6, 6.07) is 4.11. The van der Waals surface area contributed by atoms with E-state index in [0.29, 0.717) is 18.8 Å². The molecule has 2 fully saturated rings. The van der Waals surface area contributed by atoms with Crippen LogP contribution in [0.15, 0.2) is 18.2 Å². The third-order valence-corrected chi connectivity index (χ3v) is 4.51. The maximum Gasteiger partial charge on any atom is 0.257 e. The lowest BCUT2D eigenvalue weighted by Gasteiger charge is -2.43. The zero-order valence-electron chi connectivity index (χ0n) is 13.2. The van der Waals surface area contributed by atoms with Crippen molar-refractivity contribution in [2.24, 2.45) is 0 Å². The van der Waals surface area contributed by atoms with Gasteiger partial charge in [-0.15, -0.1) is 0 Å². The Balaban J connectivity index is 1.85. The summed E-state index contributed by atoms with van der Waals surface area (Å²) in [4.78, 5) is 25.7. The van der Waals surface area contributed by atoms with Gasteiger partial charge in [-0.2, -0.15) is 0 Å². The van der Waals surface area contributed by atoms with Gasteiger partial charge < -0.3 is 15.0 Å². The summed E-state index contributed by atoms with van der Waals surface area (Å²) in [5.74, 6) is -1.15. The first-order valence-corrected chi connectivity index (χ1v) is 8.06. The van der Waals surface area contributed by atoms with Gasteiger partial charge >= 0.3 is 0 Å². The molecule has 3 rings (SSSR count). The Morgan fingerprint density at radius 3 is 2.87 bits per heavy atom. The predicted molar refractivity (Wildman–Crippen MR) is 83.7 cm³/mol. The largest absolute Gasteiger partial charge is 0.374 e. The van der Waals surface area contributed by atoms with Crippen molar-refractivity contribution in [3.63, 3.8) is 0 Å². The Bertz CT molecular complexity index is 618. The molecule has 5 nitrogen and oxygen atoms in total. The van der Waals surface area contributed by atoms with Crippen LogP contribution in [0.1, 0.15) is 43.0 Å². The van der Waals surface area contributed by atoms with Crippen molar-refractivity contribution < 1.29 is 18.7 Å². The van der Waals surface area contributed by atoms with Crippen LogP contribution in [-0.4, -0.2) is 42.0 Å². The normalized spacial score (nSPS) is 24.0. The molecule has 23 heavy (non-hydrogen) atoms. The van der Waals surface area contributed by atoms with Crippen molar-refractivity contribution in [3.8, 4) is 0 Å². The van der Waals surface area contributed by atoms with E-state index in [1.54, 1.807) is 4.90 Å². The highest BCUT2D eigenvalue weighted by molar-refractivity contribution is 5.97. The van der Waals surface area contributed by atoms with Crippen molar-refractivity contribution in [1.29, 1.82) is 0 Å². The van der Waals surface area contributed by atoms with Crippen molar-refractivity contribution >= 4 is 17.5 Å². The maximum absolute atomic E-state index is 14.1. The Morgan fingerprint density at radius 2 is 2.09 bits per heavy atom. The summed E-state index contributed by atoms with van der Waals surface area (Å²) in [6.45, 7) is 2.34. The molecule has 1 heterocycles. The quantitative estimate of drug-likeness (QED) is 0.911. The number of rotatable bonds is 2. The van der Waals surface area contributed by atoms with Crippen molar-refractivity contribution in [1.82, 2.24) is 4.90 Å². The van der Waals surface area contributed by atoms with Crippen LogP contribution < -0.4 is 5.32 Å². The molecule has 0 aromatic heterocycles. The lowest BCUT2D eigenvalue weighted by atomic mass is 9.89. The summed E-state index contributed by atoms with van der Waals surface area (Å²) >= 11 is 0. The molecule has 1 aromatic carbocycles. The van der Waals surface area contributed by atoms with Crippen LogP contribution in [0.4, 0.5) is 10.1 Å². The molecule has 124 valence electrons. The highest BCUT2D eigenvalue weighted by Crippen LogP contribution is 2.30. The van der Waals surface area contributed by atoms with Crippen molar-refractivity contribution in [2.75, 3.05) is 18.5 Å². The minimum absolute atomic E-state index is 0.00229. The Hall–Kier alpha value is -1.95. The number of carbonyl (C=O) groups excluding carboxylic acids is 2. The lowest BCUT2D eigenvalue weighted by molar-refractivity contribution is -0.114. The van der Waals surface area contributed by atoms with Gasteiger partial charge in [0.05, 0.1) is 24.3 Å². The number of halogens is 1. The summed E-state index contributed by atoms with van der Waals surface area (Å²) in [5.41, 5.74) is 0.429. The molecule has 1 aliphatic heterocycles. The fraction of sp³-hybridized carbons (Fsp3) is 0.529. The minimum atomic E-state index is -0.567. The molecule has 1 aromatic rings. The summed E-state index contributed by atoms with van der Waals surface area (Å²) in [5, 5.41) is 2.59. The highest BCUT2D eigenvalue weighted by atomic mass is 19.1. The third-order valence-electron chi connectivity index (χ3n) is 4.51. The van der Waals surface area contributed by atoms with E-state index in [4.69, 9.17) is 4.74 Å². The average Bonchev–Trinajstić information content (AvgIpc) is 2.55. The molecule has 2 atom stereocenters. The fourth-order valence-corrected chi connectivity index (χ4v) is 3.47. The maximum atomic E-state index is 14.1. The summed E-state index contributed by atoms with van der Waals surface area (Å²) in [7, 11) is 0. The van der Waals surface area contributed by atoms with Gasteiger partial charge in [0, 0.05) is 19.2 Å². The van der Waals surface area contributed by atoms with Gasteiger partial charge in [0.15, 0.2) is 0 Å². The van der Waals surface area contributed by atoms with E-state index in [0.717, 1.165) is 25.7 Å². The van der Waals surface area contributed by atoms with Crippen LogP contribution in [0.5, 0.6) is 0 Å². The van der Waals surface area contributed by atoms with Gasteiger partial charge in [-0.25, -0.2) is 4.39 Å². The first kappa shape index (κ1) is 15.9. The average molecular weight is 320 g/mol. The molecular formula is C17H21FN2O3. The van der Waals surface area contributed by atoms with Gasteiger partial charge in [-0.1, -0.05) is 12.8 Å². The van der Waals surface area contributed by atoms with Gasteiger partial charge in [0.1, 0.15) is 5.82 Å². The number of morpholine rings is 1. The Labute approximate surface area is 134 Å². The number of ether oxygens (including phenoxy) is 1. The second-order valence-corrected chi connectivity index (χ2v) is 6.14. The lowest BCUT2D eigenvalue weighted by Crippen LogP contribution is -2.55. The van der Waals surface area contributed by atoms with Crippen LogP contribution in [0.25, 0.3) is 0 Å². The van der Waals surface area contributed by atoms with Crippen LogP contribution >= 0.6 is 0 Å². The second-order valence-electron chi connectivity index (χ2n) is 6.14. The molecule has 0 bridgehead atoms. The molecule has 0 radical (unpaired) electrons. The molecular weight excluding hydrogens is 299 g/mol. The van der Waals surface area contributed by atoms with Crippen molar-refractivity contribution in [3.05, 3.63) is 29.6 Å². The molecule has 6 heteroatoms. The van der Waals surface area contributed by atoms with Gasteiger partial charge in [0.25, 0.3) is 5.91 Å². The predicted octanol–water partition coefficient (Wildman–Crippen LogP) is 2.57. The van der Waals surface area contributed by atoms with Gasteiger partial charge in [-0.3, -0.25) is 9.59 Å². The van der Waals surface area contributed by atoms with E-state index in [9.17, 15) is 14.0 Å². The number of amides is 2. The number of hydrogen-bond donors (Lipinski definition) is 1. The van der Waals surface area contributed by atoms with Crippen molar-refractivity contribution in [2.45, 2.75) is 44.8 Å². The van der Waals surface area contributed by atoms with Gasteiger partial charge in [-0.05, 0) is 31.0 Å². The molecule has 2 aliphatic rings. The number of nitrogens with zero attached hydrogens (tertiary/aromatic N) is 1. The molecule has 0 spiro atoms. The van der Waals surface area contributed by atoms with E-state index in [1.165, 1.54) is 25.1 Å². The fourth-order valence-electron chi connectivity index (χ4n) is 3.47. The third kappa shape index (κ3) is 3.37. The smallest absolute Gasteiger partial charge is 0.257 e. The number of anilines is 1. The molecule has 1 saturated carbocycles. The first-order chi connectivity index (χ1) is 11.1. The van der Waals surface area contributed by atoms with E-state index in [2.05, 4.69) is 5.32 Å². The van der Waals surface area contributed by atoms with Crippen LogP contribution in [-0.2, 0) is 9.53 Å². The second kappa shape index (κ2) is 6.66. The SMILES string of the molecule is CC(=O)Nc1ccc(F)c(C(=O)N2CCO[C@@H]3CCCC[C@H]32)c1. The zero-order chi connectivity index (χ0) is 16.4. The Kier molecular flexibility index (Phi) is 4.61. The monoisotopic (exact) mass is 320 g/mol. The number of fused-ring (bicyclic) bond motifs is 1. The molecule has 1 N–H and O–H groups in total. The van der Waals surface area contributed by atoms with Crippen LogP contribution in [0.3, 0.4) is 0 Å². The summed E-state index contributed by atoms with van der Waals surface area (Å²) < 4.78 is 19.9. The van der Waals surface area contributed by atoms with E-state index < -0.39 is 5.82 Å². The summed E-state index contributed by atoms with van der Waals surface area (Å²) in [6.07, 6.45) is 4.06. The van der Waals surface area contributed by atoms with E-state index in [1.807, 2.05) is 0 Å². The van der Waals surface area contributed by atoms with Gasteiger partial charge in [0.2, 0.25) is 5.91 Å². The molecule has 2 amide bonds. The molecule has 1 saturated heterocycles. The topological polar surface area (TPSA) is 58.6 Å². The van der Waals surface area contributed by atoms with Crippen LogP contribution in [0.2, 0.25) is 0 Å². The molecule has 1 aliphatic carbocycles. The minimum Gasteiger partial charge on any atom is -0.374 e. The standard InChI is InChI=1S/C17H21FN2O3/c1-11(21)19-12-6-7-14(18)13(10-12)17(22)20-8-9-23-16-5-3-2-4-15(16)20/h6-7,10,15-16H,2-5,8-9H2,1H3,(H,19,21)/t15-,16-/m1/s1.